The summed E-state index contributed by atoms with van der Waals surface area (Å²) in [6.45, 7) is 2.61. The van der Waals surface area contributed by atoms with Gasteiger partial charge in [-0.2, -0.15) is 22.7 Å². The minimum absolute atomic E-state index is 0.0140. The summed E-state index contributed by atoms with van der Waals surface area (Å²) in [5.74, 6) is 0.229. The predicted molar refractivity (Wildman–Crippen MR) is 69.0 cm³/mol. The molecule has 2 atom stereocenters. The van der Waals surface area contributed by atoms with Crippen LogP contribution in [-0.4, -0.2) is 32.2 Å². The Morgan fingerprint density at radius 1 is 1.29 bits per heavy atom. The van der Waals surface area contributed by atoms with Crippen LogP contribution in [0.25, 0.3) is 5.78 Å². The number of anilines is 1. The summed E-state index contributed by atoms with van der Waals surface area (Å²) >= 11 is 0. The van der Waals surface area contributed by atoms with E-state index in [9.17, 15) is 13.2 Å². The van der Waals surface area contributed by atoms with Gasteiger partial charge in [0, 0.05) is 24.3 Å². The van der Waals surface area contributed by atoms with E-state index in [1.807, 2.05) is 0 Å². The molecule has 0 unspecified atom stereocenters. The summed E-state index contributed by atoms with van der Waals surface area (Å²) in [6.07, 6.45) is -1.17. The molecule has 2 aromatic heterocycles. The maximum atomic E-state index is 12.8. The lowest BCUT2D eigenvalue weighted by atomic mass is 10.1. The van der Waals surface area contributed by atoms with E-state index in [1.165, 1.54) is 10.9 Å². The molecule has 0 spiro atoms. The summed E-state index contributed by atoms with van der Waals surface area (Å²) in [5.41, 5.74) is 0.654. The third-order valence-electron chi connectivity index (χ3n) is 4.23. The van der Waals surface area contributed by atoms with Gasteiger partial charge in [0.1, 0.15) is 5.82 Å². The van der Waals surface area contributed by atoms with Crippen LogP contribution in [0, 0.1) is 12.8 Å². The van der Waals surface area contributed by atoms with Gasteiger partial charge in [-0.25, -0.2) is 4.98 Å². The Kier molecular flexibility index (Phi) is 2.50. The smallest absolute Gasteiger partial charge is 0.353 e. The van der Waals surface area contributed by atoms with Crippen molar-refractivity contribution in [3.05, 3.63) is 17.6 Å². The van der Waals surface area contributed by atoms with Gasteiger partial charge >= 0.3 is 6.18 Å². The third kappa shape index (κ3) is 2.04. The molecule has 0 radical (unpaired) electrons. The summed E-state index contributed by atoms with van der Waals surface area (Å²) in [5, 5.41) is 3.63. The monoisotopic (exact) mass is 297 g/mol. The van der Waals surface area contributed by atoms with Gasteiger partial charge in [0.05, 0.1) is 0 Å². The van der Waals surface area contributed by atoms with E-state index in [0.29, 0.717) is 23.5 Å². The molecule has 112 valence electrons. The molecule has 0 N–H and O–H groups in total. The Morgan fingerprint density at radius 2 is 2.10 bits per heavy atom. The van der Waals surface area contributed by atoms with Gasteiger partial charge < -0.3 is 4.90 Å². The molecule has 0 amide bonds. The lowest BCUT2D eigenvalue weighted by molar-refractivity contribution is -0.144. The summed E-state index contributed by atoms with van der Waals surface area (Å²) in [4.78, 5) is 9.75. The summed E-state index contributed by atoms with van der Waals surface area (Å²) < 4.78 is 39.6. The van der Waals surface area contributed by atoms with Crippen molar-refractivity contribution < 1.29 is 13.2 Å². The van der Waals surface area contributed by atoms with Crippen molar-refractivity contribution in [2.24, 2.45) is 5.92 Å². The number of alkyl halides is 3. The van der Waals surface area contributed by atoms with Gasteiger partial charge in [-0.05, 0) is 32.1 Å². The molecule has 21 heavy (non-hydrogen) atoms. The average Bonchev–Trinajstić information content (AvgIpc) is 3.07. The molecule has 1 aliphatic carbocycles. The first-order valence-corrected chi connectivity index (χ1v) is 7.02. The SMILES string of the molecule is Cc1cc(N2CCC[C@H]3C[C@@H]32)n2nc(C(F)(F)F)nc2n1. The Morgan fingerprint density at radius 3 is 2.86 bits per heavy atom. The van der Waals surface area contributed by atoms with E-state index in [-0.39, 0.29) is 5.78 Å². The molecule has 0 bridgehead atoms. The second-order valence-corrected chi connectivity index (χ2v) is 5.80. The van der Waals surface area contributed by atoms with Crippen LogP contribution in [-0.2, 0) is 6.18 Å². The number of nitrogens with zero attached hydrogens (tertiary/aromatic N) is 5. The molecule has 5 nitrogen and oxygen atoms in total. The van der Waals surface area contributed by atoms with Crippen LogP contribution >= 0.6 is 0 Å². The number of hydrogen-bond acceptors (Lipinski definition) is 4. The molecule has 2 aliphatic rings. The number of hydrogen-bond donors (Lipinski definition) is 0. The van der Waals surface area contributed by atoms with Crippen LogP contribution in [0.1, 0.15) is 30.8 Å². The normalized spacial score (nSPS) is 25.2. The Balaban J connectivity index is 1.85. The third-order valence-corrected chi connectivity index (χ3v) is 4.23. The minimum atomic E-state index is -4.55. The first-order chi connectivity index (χ1) is 9.93. The molecule has 1 saturated carbocycles. The quantitative estimate of drug-likeness (QED) is 0.811. The molecule has 2 aromatic rings. The standard InChI is InChI=1S/C13H14F3N5/c1-7-5-10(20-4-2-3-8-6-9(8)20)21-12(17-7)18-11(19-21)13(14,15)16/h5,8-9H,2-4,6H2,1H3/t8-,9-/m0/s1. The van der Waals surface area contributed by atoms with Crippen molar-refractivity contribution in [1.29, 1.82) is 0 Å². The average molecular weight is 297 g/mol. The van der Waals surface area contributed by atoms with Crippen LogP contribution in [0.5, 0.6) is 0 Å². The largest absolute Gasteiger partial charge is 0.453 e. The highest BCUT2D eigenvalue weighted by atomic mass is 19.4. The molecule has 2 fully saturated rings. The van der Waals surface area contributed by atoms with Gasteiger partial charge in [-0.15, -0.1) is 5.10 Å². The van der Waals surface area contributed by atoms with Gasteiger partial charge in [0.15, 0.2) is 0 Å². The van der Waals surface area contributed by atoms with E-state index < -0.39 is 12.0 Å². The number of aryl methyl sites for hydroxylation is 1. The molecule has 8 heteroatoms. The molecular weight excluding hydrogens is 283 g/mol. The van der Waals surface area contributed by atoms with Crippen molar-refractivity contribution in [3.63, 3.8) is 0 Å². The minimum Gasteiger partial charge on any atom is -0.353 e. The Labute approximate surface area is 118 Å². The zero-order chi connectivity index (χ0) is 14.8. The van der Waals surface area contributed by atoms with Crippen LogP contribution in [0.4, 0.5) is 19.0 Å². The lowest BCUT2D eigenvalue weighted by Gasteiger charge is -2.28. The fourth-order valence-corrected chi connectivity index (χ4v) is 3.19. The van der Waals surface area contributed by atoms with Crippen molar-refractivity contribution in [2.75, 3.05) is 11.4 Å². The maximum Gasteiger partial charge on any atom is 0.453 e. The number of aromatic nitrogens is 4. The number of halogens is 3. The van der Waals surface area contributed by atoms with Crippen LogP contribution in [0.2, 0.25) is 0 Å². The van der Waals surface area contributed by atoms with Gasteiger partial charge in [0.25, 0.3) is 11.6 Å². The second-order valence-electron chi connectivity index (χ2n) is 5.80. The van der Waals surface area contributed by atoms with Gasteiger partial charge in [0.2, 0.25) is 0 Å². The zero-order valence-electron chi connectivity index (χ0n) is 11.4. The fourth-order valence-electron chi connectivity index (χ4n) is 3.19. The molecule has 0 aromatic carbocycles. The first-order valence-electron chi connectivity index (χ1n) is 7.02. The summed E-state index contributed by atoms with van der Waals surface area (Å²) in [6, 6.07) is 2.23. The molecule has 4 rings (SSSR count). The Bertz CT molecular complexity index is 708. The van der Waals surface area contributed by atoms with E-state index in [0.717, 1.165) is 19.4 Å². The van der Waals surface area contributed by atoms with Gasteiger partial charge in [-0.1, -0.05) is 0 Å². The maximum absolute atomic E-state index is 12.8. The highest BCUT2D eigenvalue weighted by Gasteiger charge is 2.45. The highest BCUT2D eigenvalue weighted by Crippen LogP contribution is 2.45. The fraction of sp³-hybridized carbons (Fsp3) is 0.615. The molecule has 1 aliphatic heterocycles. The Hall–Kier alpha value is -1.86. The van der Waals surface area contributed by atoms with Crippen molar-refractivity contribution >= 4 is 11.6 Å². The van der Waals surface area contributed by atoms with Crippen LogP contribution in [0.3, 0.4) is 0 Å². The molecular formula is C13H14F3N5. The second kappa shape index (κ2) is 4.08. The number of rotatable bonds is 1. The molecule has 3 heterocycles. The topological polar surface area (TPSA) is 46.3 Å². The van der Waals surface area contributed by atoms with E-state index in [2.05, 4.69) is 20.0 Å². The molecule has 1 saturated heterocycles. The zero-order valence-corrected chi connectivity index (χ0v) is 11.4. The number of fused-ring (bicyclic) bond motifs is 2. The first kappa shape index (κ1) is 12.8. The summed E-state index contributed by atoms with van der Waals surface area (Å²) in [7, 11) is 0. The van der Waals surface area contributed by atoms with E-state index in [4.69, 9.17) is 0 Å². The lowest BCUT2D eigenvalue weighted by Crippen LogP contribution is -2.33. The van der Waals surface area contributed by atoms with Crippen molar-refractivity contribution in [1.82, 2.24) is 19.6 Å². The van der Waals surface area contributed by atoms with Crippen LogP contribution < -0.4 is 4.90 Å². The van der Waals surface area contributed by atoms with Crippen molar-refractivity contribution in [2.45, 2.75) is 38.4 Å². The predicted octanol–water partition coefficient (Wildman–Crippen LogP) is 2.44. The van der Waals surface area contributed by atoms with Gasteiger partial charge in [-0.3, -0.25) is 0 Å². The van der Waals surface area contributed by atoms with E-state index in [1.54, 1.807) is 13.0 Å². The van der Waals surface area contributed by atoms with E-state index >= 15 is 0 Å². The van der Waals surface area contributed by atoms with Crippen molar-refractivity contribution in [3.8, 4) is 0 Å². The van der Waals surface area contributed by atoms with Crippen LogP contribution in [0.15, 0.2) is 6.07 Å². The number of piperidine rings is 1. The highest BCUT2D eigenvalue weighted by molar-refractivity contribution is 5.50.